The summed E-state index contributed by atoms with van der Waals surface area (Å²) in [7, 11) is 3.21. The van der Waals surface area contributed by atoms with Gasteiger partial charge in [0.2, 0.25) is 0 Å². The van der Waals surface area contributed by atoms with Gasteiger partial charge in [0.25, 0.3) is 0 Å². The van der Waals surface area contributed by atoms with E-state index in [1.165, 1.54) is 7.11 Å². The topological polar surface area (TPSA) is 48.3 Å². The van der Waals surface area contributed by atoms with Gasteiger partial charge in [0, 0.05) is 29.2 Å². The van der Waals surface area contributed by atoms with Gasteiger partial charge in [-0.05, 0) is 26.0 Å². The normalized spacial score (nSPS) is 10.7. The molecule has 0 bridgehead atoms. The van der Waals surface area contributed by atoms with Crippen molar-refractivity contribution < 1.29 is 14.3 Å². The SMILES string of the molecule is COC(=O)CC(=O)c1c(C)n(C)c2ccc(C)cc12. The highest BCUT2D eigenvalue weighted by molar-refractivity contribution is 6.14. The minimum Gasteiger partial charge on any atom is -0.469 e. The van der Waals surface area contributed by atoms with Gasteiger partial charge in [-0.2, -0.15) is 0 Å². The Morgan fingerprint density at radius 1 is 1.26 bits per heavy atom. The first-order chi connectivity index (χ1) is 8.95. The van der Waals surface area contributed by atoms with E-state index in [0.29, 0.717) is 5.56 Å². The summed E-state index contributed by atoms with van der Waals surface area (Å²) < 4.78 is 6.53. The molecular weight excluding hydrogens is 242 g/mol. The van der Waals surface area contributed by atoms with Crippen molar-refractivity contribution in [2.24, 2.45) is 7.05 Å². The number of carbonyl (C=O) groups excluding carboxylic acids is 2. The lowest BCUT2D eigenvalue weighted by Crippen LogP contribution is -2.10. The molecule has 0 atom stereocenters. The van der Waals surface area contributed by atoms with Crippen LogP contribution in [0.1, 0.15) is 28.0 Å². The number of methoxy groups -OCH3 is 1. The molecule has 0 saturated heterocycles. The number of esters is 1. The van der Waals surface area contributed by atoms with Crippen molar-refractivity contribution in [2.45, 2.75) is 20.3 Å². The summed E-state index contributed by atoms with van der Waals surface area (Å²) in [6.07, 6.45) is -0.218. The maximum Gasteiger partial charge on any atom is 0.313 e. The van der Waals surface area contributed by atoms with E-state index in [0.717, 1.165) is 22.2 Å². The lowest BCUT2D eigenvalue weighted by Gasteiger charge is -2.01. The van der Waals surface area contributed by atoms with Crippen LogP contribution >= 0.6 is 0 Å². The van der Waals surface area contributed by atoms with Crippen LogP contribution in [0.25, 0.3) is 10.9 Å². The molecule has 0 unspecified atom stereocenters. The molecule has 100 valence electrons. The van der Waals surface area contributed by atoms with Crippen LogP contribution in [0.5, 0.6) is 0 Å². The molecular formula is C15H17NO3. The van der Waals surface area contributed by atoms with Gasteiger partial charge in [-0.3, -0.25) is 9.59 Å². The molecule has 2 rings (SSSR count). The monoisotopic (exact) mass is 259 g/mol. The van der Waals surface area contributed by atoms with E-state index in [1.54, 1.807) is 0 Å². The molecule has 1 aromatic carbocycles. The van der Waals surface area contributed by atoms with Crippen LogP contribution in [0.15, 0.2) is 18.2 Å². The molecule has 19 heavy (non-hydrogen) atoms. The van der Waals surface area contributed by atoms with Crippen molar-refractivity contribution in [3.63, 3.8) is 0 Å². The lowest BCUT2D eigenvalue weighted by atomic mass is 10.0. The molecule has 0 amide bonds. The van der Waals surface area contributed by atoms with Gasteiger partial charge in [-0.25, -0.2) is 0 Å². The quantitative estimate of drug-likeness (QED) is 0.483. The molecule has 0 fully saturated rings. The number of ether oxygens (including phenoxy) is 1. The molecule has 0 aliphatic carbocycles. The number of fused-ring (bicyclic) bond motifs is 1. The third kappa shape index (κ3) is 2.26. The number of ketones is 1. The van der Waals surface area contributed by atoms with Crippen molar-refractivity contribution in [3.05, 3.63) is 35.0 Å². The second-order valence-corrected chi connectivity index (χ2v) is 4.72. The highest BCUT2D eigenvalue weighted by atomic mass is 16.5. The molecule has 0 saturated carbocycles. The van der Waals surface area contributed by atoms with Crippen molar-refractivity contribution in [1.82, 2.24) is 4.57 Å². The Kier molecular flexibility index (Phi) is 3.42. The van der Waals surface area contributed by atoms with Crippen molar-refractivity contribution in [3.8, 4) is 0 Å². The zero-order valence-electron chi connectivity index (χ0n) is 11.6. The van der Waals surface area contributed by atoms with Crippen LogP contribution < -0.4 is 0 Å². The first-order valence-corrected chi connectivity index (χ1v) is 6.11. The number of nitrogens with zero attached hydrogens (tertiary/aromatic N) is 1. The van der Waals surface area contributed by atoms with Gasteiger partial charge in [0.1, 0.15) is 6.42 Å². The van der Waals surface area contributed by atoms with Crippen LogP contribution in [-0.4, -0.2) is 23.4 Å². The minimum atomic E-state index is -0.506. The fourth-order valence-electron chi connectivity index (χ4n) is 2.33. The van der Waals surface area contributed by atoms with Crippen molar-refractivity contribution in [1.29, 1.82) is 0 Å². The molecule has 0 aliphatic heterocycles. The van der Waals surface area contributed by atoms with Crippen LogP contribution in [0.2, 0.25) is 0 Å². The largest absolute Gasteiger partial charge is 0.469 e. The predicted molar refractivity (Wildman–Crippen MR) is 73.4 cm³/mol. The first kappa shape index (κ1) is 13.3. The van der Waals surface area contributed by atoms with Crippen molar-refractivity contribution >= 4 is 22.7 Å². The third-order valence-electron chi connectivity index (χ3n) is 3.46. The molecule has 1 heterocycles. The molecule has 0 aliphatic rings. The second kappa shape index (κ2) is 4.88. The maximum atomic E-state index is 12.3. The minimum absolute atomic E-state index is 0.194. The number of benzene rings is 1. The van der Waals surface area contributed by atoms with Crippen LogP contribution in [0, 0.1) is 13.8 Å². The van der Waals surface area contributed by atoms with Gasteiger partial charge in [0.15, 0.2) is 5.78 Å². The van der Waals surface area contributed by atoms with Crippen LogP contribution in [0.3, 0.4) is 0 Å². The van der Waals surface area contributed by atoms with Crippen molar-refractivity contribution in [2.75, 3.05) is 7.11 Å². The summed E-state index contributed by atoms with van der Waals surface area (Å²) in [6, 6.07) is 5.98. The Hall–Kier alpha value is -2.10. The predicted octanol–water partition coefficient (Wildman–Crippen LogP) is 2.54. The number of aryl methyl sites for hydroxylation is 2. The lowest BCUT2D eigenvalue weighted by molar-refractivity contribution is -0.139. The Labute approximate surface area is 112 Å². The Morgan fingerprint density at radius 3 is 2.58 bits per heavy atom. The number of carbonyl (C=O) groups is 2. The fourth-order valence-corrected chi connectivity index (χ4v) is 2.33. The Morgan fingerprint density at radius 2 is 1.95 bits per heavy atom. The van der Waals surface area contributed by atoms with E-state index in [4.69, 9.17) is 0 Å². The summed E-state index contributed by atoms with van der Waals surface area (Å²) >= 11 is 0. The summed E-state index contributed by atoms with van der Waals surface area (Å²) in [4.78, 5) is 23.5. The average molecular weight is 259 g/mol. The van der Waals surface area contributed by atoms with Gasteiger partial charge in [-0.1, -0.05) is 11.6 Å². The van der Waals surface area contributed by atoms with Gasteiger partial charge < -0.3 is 9.30 Å². The molecule has 0 radical (unpaired) electrons. The zero-order valence-corrected chi connectivity index (χ0v) is 11.6. The summed E-state index contributed by atoms with van der Waals surface area (Å²) in [6.45, 7) is 3.87. The standard InChI is InChI=1S/C15H17NO3/c1-9-5-6-12-11(7-9)15(10(2)16(12)3)13(17)8-14(18)19-4/h5-7H,8H2,1-4H3. The highest BCUT2D eigenvalue weighted by Crippen LogP contribution is 2.27. The number of aromatic nitrogens is 1. The van der Waals surface area contributed by atoms with E-state index in [1.807, 2.05) is 43.7 Å². The van der Waals surface area contributed by atoms with E-state index in [-0.39, 0.29) is 12.2 Å². The molecule has 0 N–H and O–H groups in total. The van der Waals surface area contributed by atoms with Gasteiger partial charge in [-0.15, -0.1) is 0 Å². The summed E-state index contributed by atoms with van der Waals surface area (Å²) in [5, 5.41) is 0.897. The second-order valence-electron chi connectivity index (χ2n) is 4.72. The van der Waals surface area contributed by atoms with E-state index in [2.05, 4.69) is 4.74 Å². The molecule has 4 heteroatoms. The zero-order chi connectivity index (χ0) is 14.2. The van der Waals surface area contributed by atoms with E-state index < -0.39 is 5.97 Å². The number of Topliss-reactive ketones (excluding diaryl/α,β-unsaturated/α-hetero) is 1. The van der Waals surface area contributed by atoms with Crippen LogP contribution in [-0.2, 0) is 16.6 Å². The summed E-state index contributed by atoms with van der Waals surface area (Å²) in [5.74, 6) is -0.699. The Balaban J connectivity index is 2.59. The fraction of sp³-hybridized carbons (Fsp3) is 0.333. The Bertz CT molecular complexity index is 668. The first-order valence-electron chi connectivity index (χ1n) is 6.11. The number of hydrogen-bond donors (Lipinski definition) is 0. The molecule has 2 aromatic rings. The highest BCUT2D eigenvalue weighted by Gasteiger charge is 2.20. The van der Waals surface area contributed by atoms with E-state index >= 15 is 0 Å². The molecule has 1 aromatic heterocycles. The van der Waals surface area contributed by atoms with Gasteiger partial charge >= 0.3 is 5.97 Å². The smallest absolute Gasteiger partial charge is 0.313 e. The number of hydrogen-bond acceptors (Lipinski definition) is 3. The average Bonchev–Trinajstić information content (AvgIpc) is 2.61. The van der Waals surface area contributed by atoms with E-state index in [9.17, 15) is 9.59 Å². The van der Waals surface area contributed by atoms with Gasteiger partial charge in [0.05, 0.1) is 7.11 Å². The molecule has 0 spiro atoms. The number of rotatable bonds is 3. The molecule has 4 nitrogen and oxygen atoms in total. The maximum absolute atomic E-state index is 12.3. The van der Waals surface area contributed by atoms with Crippen LogP contribution in [0.4, 0.5) is 0 Å². The third-order valence-corrected chi connectivity index (χ3v) is 3.46. The summed E-state index contributed by atoms with van der Waals surface area (Å²) in [5.41, 5.74) is 3.57.